The van der Waals surface area contributed by atoms with Crippen molar-refractivity contribution < 1.29 is 14.3 Å². The summed E-state index contributed by atoms with van der Waals surface area (Å²) in [5.41, 5.74) is 6.64. The van der Waals surface area contributed by atoms with Gasteiger partial charge in [0, 0.05) is 33.3 Å². The zero-order valence-electron chi connectivity index (χ0n) is 22.5. The second kappa shape index (κ2) is 12.3. The van der Waals surface area contributed by atoms with Crippen molar-refractivity contribution in [1.82, 2.24) is 14.8 Å². The number of carbonyl (C=O) groups is 2. The molecular weight excluding hydrogens is 537 g/mol. The molecule has 200 valence electrons. The number of aryl methyl sites for hydroxylation is 3. The number of thioether (sulfide) groups is 1. The summed E-state index contributed by atoms with van der Waals surface area (Å²) in [4.78, 5) is 27.1. The van der Waals surface area contributed by atoms with Crippen molar-refractivity contribution in [1.29, 1.82) is 0 Å². The zero-order chi connectivity index (χ0) is 27.4. The number of esters is 1. The highest BCUT2D eigenvalue weighted by molar-refractivity contribution is 7.99. The molecule has 0 radical (unpaired) electrons. The van der Waals surface area contributed by atoms with Gasteiger partial charge in [-0.05, 0) is 50.3 Å². The van der Waals surface area contributed by atoms with Crippen LogP contribution in [0.15, 0.2) is 34.1 Å². The average molecular weight is 569 g/mol. The van der Waals surface area contributed by atoms with E-state index in [9.17, 15) is 9.59 Å². The van der Waals surface area contributed by atoms with Crippen LogP contribution in [-0.2, 0) is 22.5 Å². The number of hydrogen-bond acceptors (Lipinski definition) is 8. The Hall–Kier alpha value is -2.95. The fraction of sp³-hybridized carbons (Fsp3) is 0.357. The SMILES string of the molecule is CCCn1c(SCC(=O)Nc2scc(-c3cc(C)ccc3C)c2C(=O)OC)nnc1-c1csc(C)c1CC. The van der Waals surface area contributed by atoms with Gasteiger partial charge in [-0.1, -0.05) is 49.4 Å². The summed E-state index contributed by atoms with van der Waals surface area (Å²) in [7, 11) is 1.35. The first kappa shape index (κ1) is 28.1. The van der Waals surface area contributed by atoms with Gasteiger partial charge in [0.25, 0.3) is 0 Å². The summed E-state index contributed by atoms with van der Waals surface area (Å²) < 4.78 is 7.18. The molecule has 1 N–H and O–H groups in total. The Balaban J connectivity index is 1.55. The molecule has 3 heterocycles. The number of benzene rings is 1. The Morgan fingerprint density at radius 3 is 2.53 bits per heavy atom. The molecule has 10 heteroatoms. The standard InChI is InChI=1S/C28H32N4O3S3/c1-7-11-32-25(22-14-36-18(5)19(22)8-2)30-31-28(32)38-15-23(33)29-26-24(27(34)35-6)21(13-37-26)20-12-16(3)9-10-17(20)4/h9-10,12-14H,7-8,11,15H2,1-6H3,(H,29,33). The number of amides is 1. The van der Waals surface area contributed by atoms with Gasteiger partial charge in [-0.2, -0.15) is 0 Å². The van der Waals surface area contributed by atoms with Crippen LogP contribution in [0.3, 0.4) is 0 Å². The summed E-state index contributed by atoms with van der Waals surface area (Å²) in [6.45, 7) is 11.2. The monoisotopic (exact) mass is 568 g/mol. The molecule has 0 spiro atoms. The molecule has 4 rings (SSSR count). The van der Waals surface area contributed by atoms with Gasteiger partial charge in [0.2, 0.25) is 5.91 Å². The van der Waals surface area contributed by atoms with Crippen LogP contribution in [0.25, 0.3) is 22.5 Å². The fourth-order valence-electron chi connectivity index (χ4n) is 4.40. The third-order valence-corrected chi connectivity index (χ3v) is 9.13. The van der Waals surface area contributed by atoms with Gasteiger partial charge in [-0.3, -0.25) is 4.79 Å². The van der Waals surface area contributed by atoms with Crippen molar-refractivity contribution in [3.63, 3.8) is 0 Å². The van der Waals surface area contributed by atoms with E-state index >= 15 is 0 Å². The number of carbonyl (C=O) groups excluding carboxylic acids is 2. The molecule has 0 saturated carbocycles. The predicted octanol–water partition coefficient (Wildman–Crippen LogP) is 7.15. The predicted molar refractivity (Wildman–Crippen MR) is 158 cm³/mol. The molecule has 7 nitrogen and oxygen atoms in total. The summed E-state index contributed by atoms with van der Waals surface area (Å²) in [5.74, 6) is 0.293. The van der Waals surface area contributed by atoms with Crippen molar-refractivity contribution in [2.45, 2.75) is 59.2 Å². The van der Waals surface area contributed by atoms with Crippen molar-refractivity contribution in [2.24, 2.45) is 0 Å². The van der Waals surface area contributed by atoms with Crippen LogP contribution in [0.4, 0.5) is 5.00 Å². The van der Waals surface area contributed by atoms with Crippen LogP contribution in [0.1, 0.15) is 52.2 Å². The molecule has 38 heavy (non-hydrogen) atoms. The Morgan fingerprint density at radius 1 is 1.05 bits per heavy atom. The maximum absolute atomic E-state index is 13.0. The van der Waals surface area contributed by atoms with E-state index in [-0.39, 0.29) is 11.7 Å². The highest BCUT2D eigenvalue weighted by Gasteiger charge is 2.24. The lowest BCUT2D eigenvalue weighted by molar-refractivity contribution is -0.113. The van der Waals surface area contributed by atoms with Gasteiger partial charge >= 0.3 is 5.97 Å². The van der Waals surface area contributed by atoms with Crippen LogP contribution in [-0.4, -0.2) is 39.5 Å². The summed E-state index contributed by atoms with van der Waals surface area (Å²) in [5, 5.41) is 17.1. The minimum Gasteiger partial charge on any atom is -0.465 e. The molecule has 0 atom stereocenters. The summed E-state index contributed by atoms with van der Waals surface area (Å²) >= 11 is 4.40. The van der Waals surface area contributed by atoms with Gasteiger partial charge in [-0.15, -0.1) is 32.9 Å². The van der Waals surface area contributed by atoms with Crippen molar-refractivity contribution in [3.05, 3.63) is 56.1 Å². The van der Waals surface area contributed by atoms with E-state index < -0.39 is 5.97 Å². The molecule has 0 aliphatic heterocycles. The molecule has 1 aromatic carbocycles. The second-order valence-electron chi connectivity index (χ2n) is 9.00. The summed E-state index contributed by atoms with van der Waals surface area (Å²) in [6, 6.07) is 6.11. The maximum Gasteiger partial charge on any atom is 0.341 e. The Kier molecular flexibility index (Phi) is 9.07. The average Bonchev–Trinajstić information content (AvgIpc) is 3.60. The van der Waals surface area contributed by atoms with E-state index in [1.807, 2.05) is 37.4 Å². The molecule has 4 aromatic rings. The van der Waals surface area contributed by atoms with E-state index in [0.717, 1.165) is 53.0 Å². The third-order valence-electron chi connectivity index (χ3n) is 6.31. The van der Waals surface area contributed by atoms with Crippen LogP contribution >= 0.6 is 34.4 Å². The summed E-state index contributed by atoms with van der Waals surface area (Å²) in [6.07, 6.45) is 1.86. The number of ether oxygens (including phenoxy) is 1. The molecule has 0 fully saturated rings. The fourth-order valence-corrected chi connectivity index (χ4v) is 7.07. The van der Waals surface area contributed by atoms with Crippen LogP contribution < -0.4 is 5.32 Å². The smallest absolute Gasteiger partial charge is 0.341 e. The van der Waals surface area contributed by atoms with Gasteiger partial charge in [-0.25, -0.2) is 4.79 Å². The number of methoxy groups -OCH3 is 1. The number of thiophene rings is 2. The molecule has 0 aliphatic carbocycles. The first-order chi connectivity index (χ1) is 18.3. The first-order valence-corrected chi connectivity index (χ1v) is 15.2. The van der Waals surface area contributed by atoms with Gasteiger partial charge < -0.3 is 14.6 Å². The maximum atomic E-state index is 13.0. The largest absolute Gasteiger partial charge is 0.465 e. The lowest BCUT2D eigenvalue weighted by atomic mass is 9.97. The number of aromatic nitrogens is 3. The molecule has 1 amide bonds. The van der Waals surface area contributed by atoms with Crippen LogP contribution in [0.5, 0.6) is 0 Å². The Labute approximate surface area is 235 Å². The quantitative estimate of drug-likeness (QED) is 0.161. The minimum absolute atomic E-state index is 0.141. The van der Waals surface area contributed by atoms with E-state index in [1.54, 1.807) is 11.3 Å². The lowest BCUT2D eigenvalue weighted by Crippen LogP contribution is -2.16. The molecule has 0 unspecified atom stereocenters. The van der Waals surface area contributed by atoms with E-state index in [2.05, 4.69) is 46.2 Å². The van der Waals surface area contributed by atoms with E-state index in [0.29, 0.717) is 15.7 Å². The number of nitrogens with zero attached hydrogens (tertiary/aromatic N) is 3. The van der Waals surface area contributed by atoms with Gasteiger partial charge in [0.1, 0.15) is 10.6 Å². The molecule has 0 aliphatic rings. The minimum atomic E-state index is -0.477. The van der Waals surface area contributed by atoms with E-state index in [4.69, 9.17) is 4.74 Å². The molecular formula is C28H32N4O3S3. The molecule has 0 bridgehead atoms. The highest BCUT2D eigenvalue weighted by Crippen LogP contribution is 2.38. The molecule has 0 saturated heterocycles. The van der Waals surface area contributed by atoms with Crippen LogP contribution in [0.2, 0.25) is 0 Å². The zero-order valence-corrected chi connectivity index (χ0v) is 25.0. The van der Waals surface area contributed by atoms with Crippen molar-refractivity contribution in [3.8, 4) is 22.5 Å². The first-order valence-electron chi connectivity index (χ1n) is 12.5. The third kappa shape index (κ3) is 5.72. The van der Waals surface area contributed by atoms with Gasteiger partial charge in [0.15, 0.2) is 11.0 Å². The van der Waals surface area contributed by atoms with Crippen molar-refractivity contribution >= 4 is 51.3 Å². The highest BCUT2D eigenvalue weighted by atomic mass is 32.2. The number of anilines is 1. The van der Waals surface area contributed by atoms with Crippen LogP contribution in [0, 0.1) is 20.8 Å². The lowest BCUT2D eigenvalue weighted by Gasteiger charge is -2.11. The Bertz CT molecular complexity index is 1470. The van der Waals surface area contributed by atoms with E-state index in [1.165, 1.54) is 40.6 Å². The topological polar surface area (TPSA) is 86.1 Å². The van der Waals surface area contributed by atoms with Gasteiger partial charge in [0.05, 0.1) is 12.9 Å². The Morgan fingerprint density at radius 2 is 1.82 bits per heavy atom. The second-order valence-corrected chi connectivity index (χ2v) is 11.9. The molecule has 3 aromatic heterocycles. The normalized spacial score (nSPS) is 11.1. The number of nitrogens with one attached hydrogen (secondary N) is 1. The number of rotatable bonds is 10. The number of hydrogen-bond donors (Lipinski definition) is 1. The van der Waals surface area contributed by atoms with Crippen molar-refractivity contribution in [2.75, 3.05) is 18.2 Å².